The Kier molecular flexibility index (Phi) is 7.98. The smallest absolute Gasteiger partial charge is 0.416 e. The third kappa shape index (κ3) is 5.77. The molecule has 0 aromatic heterocycles. The summed E-state index contributed by atoms with van der Waals surface area (Å²) in [6, 6.07) is 12.8. The van der Waals surface area contributed by atoms with Crippen LogP contribution in [0.2, 0.25) is 0 Å². The van der Waals surface area contributed by atoms with Crippen molar-refractivity contribution in [2.75, 3.05) is 26.7 Å². The molecule has 3 rings (SSSR count). The molecule has 1 aliphatic rings. The first-order valence-corrected chi connectivity index (χ1v) is 11.0. The minimum atomic E-state index is -4.49. The summed E-state index contributed by atoms with van der Waals surface area (Å²) in [6.45, 7) is 4.73. The van der Waals surface area contributed by atoms with Gasteiger partial charge in [-0.15, -0.1) is 0 Å². The van der Waals surface area contributed by atoms with Gasteiger partial charge in [-0.05, 0) is 44.2 Å². The number of rotatable bonds is 8. The molecule has 1 aliphatic heterocycles. The Morgan fingerprint density at radius 3 is 2.26 bits per heavy atom. The van der Waals surface area contributed by atoms with Gasteiger partial charge >= 0.3 is 18.2 Å². The molecule has 1 heterocycles. The van der Waals surface area contributed by atoms with Crippen molar-refractivity contribution in [3.63, 3.8) is 0 Å². The van der Waals surface area contributed by atoms with Gasteiger partial charge in [0, 0.05) is 25.3 Å². The van der Waals surface area contributed by atoms with Crippen molar-refractivity contribution in [2.24, 2.45) is 0 Å². The first-order valence-electron chi connectivity index (χ1n) is 11.0. The van der Waals surface area contributed by atoms with Gasteiger partial charge in [0.2, 0.25) is 0 Å². The van der Waals surface area contributed by atoms with Crippen LogP contribution < -0.4 is 5.32 Å². The number of carbonyl (C=O) groups is 2. The van der Waals surface area contributed by atoms with Crippen LogP contribution in [0.3, 0.4) is 0 Å². The molecule has 0 spiro atoms. The van der Waals surface area contributed by atoms with Crippen LogP contribution >= 0.6 is 0 Å². The van der Waals surface area contributed by atoms with Crippen molar-refractivity contribution in [3.8, 4) is 0 Å². The highest BCUT2D eigenvalue weighted by Gasteiger charge is 2.38. The highest BCUT2D eigenvalue weighted by molar-refractivity contribution is 5.95. The number of ether oxygens (including phenoxy) is 1. The summed E-state index contributed by atoms with van der Waals surface area (Å²) in [6.07, 6.45) is -4.49. The van der Waals surface area contributed by atoms with Crippen molar-refractivity contribution in [2.45, 2.75) is 32.6 Å². The van der Waals surface area contributed by atoms with Gasteiger partial charge < -0.3 is 10.1 Å². The van der Waals surface area contributed by atoms with Crippen molar-refractivity contribution in [1.29, 1.82) is 0 Å². The van der Waals surface area contributed by atoms with E-state index in [0.29, 0.717) is 24.4 Å². The zero-order valence-corrected chi connectivity index (χ0v) is 19.4. The SMILES string of the molecule is CCOC(=O)C1=C(CN(C)Cc2ccccc2)N(CC)C(=O)NC1c1ccc(C(F)(F)F)cc1. The summed E-state index contributed by atoms with van der Waals surface area (Å²) in [7, 11) is 1.87. The zero-order chi connectivity index (χ0) is 24.9. The predicted molar refractivity (Wildman–Crippen MR) is 122 cm³/mol. The first-order chi connectivity index (χ1) is 16.2. The third-order valence-electron chi connectivity index (χ3n) is 5.54. The van der Waals surface area contributed by atoms with E-state index in [9.17, 15) is 22.8 Å². The summed E-state index contributed by atoms with van der Waals surface area (Å²) in [5, 5.41) is 2.76. The molecule has 1 atom stereocenters. The Bertz CT molecular complexity index is 1040. The number of urea groups is 1. The van der Waals surface area contributed by atoms with Gasteiger partial charge in [0.1, 0.15) is 0 Å². The van der Waals surface area contributed by atoms with E-state index in [0.717, 1.165) is 17.7 Å². The molecule has 0 aliphatic carbocycles. The molecule has 1 unspecified atom stereocenters. The van der Waals surface area contributed by atoms with Gasteiger partial charge in [-0.25, -0.2) is 9.59 Å². The minimum absolute atomic E-state index is 0.120. The fourth-order valence-electron chi connectivity index (χ4n) is 3.98. The topological polar surface area (TPSA) is 61.9 Å². The van der Waals surface area contributed by atoms with E-state index in [1.54, 1.807) is 13.8 Å². The molecule has 2 aromatic carbocycles. The van der Waals surface area contributed by atoms with E-state index in [4.69, 9.17) is 4.74 Å². The maximum absolute atomic E-state index is 13.1. The van der Waals surface area contributed by atoms with Gasteiger partial charge in [0.05, 0.1) is 23.8 Å². The van der Waals surface area contributed by atoms with Crippen LogP contribution in [0, 0.1) is 0 Å². The lowest BCUT2D eigenvalue weighted by Gasteiger charge is -2.37. The number of nitrogens with one attached hydrogen (secondary N) is 1. The molecular formula is C25H28F3N3O3. The van der Waals surface area contributed by atoms with Crippen LogP contribution in [0.15, 0.2) is 65.9 Å². The number of hydrogen-bond donors (Lipinski definition) is 1. The predicted octanol–water partition coefficient (Wildman–Crippen LogP) is 4.74. The van der Waals surface area contributed by atoms with Crippen molar-refractivity contribution < 1.29 is 27.5 Å². The number of likely N-dealkylation sites (N-methyl/N-ethyl adjacent to an activating group) is 2. The molecule has 0 saturated carbocycles. The van der Waals surface area contributed by atoms with Crippen LogP contribution in [0.1, 0.15) is 36.6 Å². The summed E-state index contributed by atoms with van der Waals surface area (Å²) in [5.41, 5.74) is 1.29. The second kappa shape index (κ2) is 10.7. The largest absolute Gasteiger partial charge is 0.463 e. The second-order valence-electron chi connectivity index (χ2n) is 7.99. The van der Waals surface area contributed by atoms with E-state index in [2.05, 4.69) is 5.32 Å². The molecule has 6 nitrogen and oxygen atoms in total. The number of alkyl halides is 3. The van der Waals surface area contributed by atoms with E-state index < -0.39 is 29.8 Å². The molecule has 0 fully saturated rings. The van der Waals surface area contributed by atoms with Crippen molar-refractivity contribution in [3.05, 3.63) is 82.6 Å². The van der Waals surface area contributed by atoms with Crippen LogP contribution in [0.5, 0.6) is 0 Å². The fraction of sp³-hybridized carbons (Fsp3) is 0.360. The van der Waals surface area contributed by atoms with E-state index in [1.165, 1.54) is 17.0 Å². The maximum atomic E-state index is 13.1. The molecule has 1 N–H and O–H groups in total. The average molecular weight is 476 g/mol. The van der Waals surface area contributed by atoms with E-state index in [-0.39, 0.29) is 18.7 Å². The number of carbonyl (C=O) groups excluding carboxylic acids is 2. The van der Waals surface area contributed by atoms with Crippen LogP contribution in [-0.2, 0) is 22.3 Å². The van der Waals surface area contributed by atoms with Gasteiger partial charge in [-0.1, -0.05) is 42.5 Å². The molecular weight excluding hydrogens is 447 g/mol. The fourth-order valence-corrected chi connectivity index (χ4v) is 3.98. The lowest BCUT2D eigenvalue weighted by atomic mass is 9.93. The lowest BCUT2D eigenvalue weighted by molar-refractivity contribution is -0.139. The minimum Gasteiger partial charge on any atom is -0.463 e. The monoisotopic (exact) mass is 475 g/mol. The third-order valence-corrected chi connectivity index (χ3v) is 5.54. The summed E-state index contributed by atoms with van der Waals surface area (Å²) in [5.74, 6) is -0.617. The van der Waals surface area contributed by atoms with Gasteiger partial charge in [-0.2, -0.15) is 13.2 Å². The number of amides is 2. The Balaban J connectivity index is 2.04. The molecule has 2 amide bonds. The summed E-state index contributed by atoms with van der Waals surface area (Å²) in [4.78, 5) is 29.4. The lowest BCUT2D eigenvalue weighted by Crippen LogP contribution is -2.50. The first kappa shape index (κ1) is 25.3. The summed E-state index contributed by atoms with van der Waals surface area (Å²) < 4.78 is 44.4. The van der Waals surface area contributed by atoms with Crippen LogP contribution in [-0.4, -0.2) is 48.5 Å². The molecule has 0 bridgehead atoms. The van der Waals surface area contributed by atoms with Gasteiger partial charge in [0.15, 0.2) is 0 Å². The van der Waals surface area contributed by atoms with Gasteiger partial charge in [-0.3, -0.25) is 9.80 Å². The molecule has 34 heavy (non-hydrogen) atoms. The van der Waals surface area contributed by atoms with Crippen LogP contribution in [0.25, 0.3) is 0 Å². The Morgan fingerprint density at radius 2 is 1.71 bits per heavy atom. The molecule has 182 valence electrons. The number of halogens is 3. The number of hydrogen-bond acceptors (Lipinski definition) is 4. The maximum Gasteiger partial charge on any atom is 0.416 e. The van der Waals surface area contributed by atoms with Crippen LogP contribution in [0.4, 0.5) is 18.0 Å². The molecule has 9 heteroatoms. The Morgan fingerprint density at radius 1 is 1.06 bits per heavy atom. The Labute approximate surface area is 197 Å². The molecule has 0 saturated heterocycles. The van der Waals surface area contributed by atoms with Crippen molar-refractivity contribution in [1.82, 2.24) is 15.1 Å². The van der Waals surface area contributed by atoms with Crippen molar-refractivity contribution >= 4 is 12.0 Å². The molecule has 2 aromatic rings. The normalized spacial score (nSPS) is 16.6. The number of nitrogens with zero attached hydrogens (tertiary/aromatic N) is 2. The van der Waals surface area contributed by atoms with Gasteiger partial charge in [0.25, 0.3) is 0 Å². The zero-order valence-electron chi connectivity index (χ0n) is 19.4. The Hall–Kier alpha value is -3.33. The van der Waals surface area contributed by atoms with E-state index >= 15 is 0 Å². The second-order valence-corrected chi connectivity index (χ2v) is 7.99. The summed E-state index contributed by atoms with van der Waals surface area (Å²) >= 11 is 0. The highest BCUT2D eigenvalue weighted by Crippen LogP contribution is 2.34. The number of esters is 1. The molecule has 0 radical (unpaired) electrons. The van der Waals surface area contributed by atoms with E-state index in [1.807, 2.05) is 42.3 Å². The average Bonchev–Trinajstić information content (AvgIpc) is 2.79. The highest BCUT2D eigenvalue weighted by atomic mass is 19.4. The quantitative estimate of drug-likeness (QED) is 0.561. The standard InChI is InChI=1S/C25H28F3N3O3/c1-4-31-20(16-30(3)15-17-9-7-6-8-10-17)21(23(32)34-5-2)22(29-24(31)33)18-11-13-19(14-12-18)25(26,27)28/h6-14,22H,4-5,15-16H2,1-3H3,(H,29,33). The number of benzene rings is 2.